The lowest BCUT2D eigenvalue weighted by molar-refractivity contribution is -0.140. The minimum atomic E-state index is -1.03. The number of carboxylic acid groups (broad SMARTS) is 1. The van der Waals surface area contributed by atoms with E-state index in [-0.39, 0.29) is 23.9 Å². The zero-order valence-corrected chi connectivity index (χ0v) is 11.2. The van der Waals surface area contributed by atoms with Gasteiger partial charge in [0.05, 0.1) is 0 Å². The van der Waals surface area contributed by atoms with Crippen molar-refractivity contribution in [2.24, 2.45) is 5.92 Å². The minimum absolute atomic E-state index is 0.0898. The number of carboxylic acids is 1. The van der Waals surface area contributed by atoms with E-state index >= 15 is 0 Å². The largest absolute Gasteiger partial charge is 0.480 e. The fraction of sp³-hybridized carbons (Fsp3) is 0.769. The van der Waals surface area contributed by atoms with E-state index < -0.39 is 11.5 Å². The van der Waals surface area contributed by atoms with Crippen LogP contribution in [-0.2, 0) is 9.59 Å². The van der Waals surface area contributed by atoms with Gasteiger partial charge < -0.3 is 20.6 Å². The van der Waals surface area contributed by atoms with Crippen LogP contribution in [0.3, 0.4) is 0 Å². The van der Waals surface area contributed by atoms with Gasteiger partial charge in [-0.3, -0.25) is 4.79 Å². The molecule has 3 amide bonds. The number of likely N-dealkylation sites (tertiary alicyclic amines) is 1. The molecule has 1 aliphatic carbocycles. The number of urea groups is 1. The van der Waals surface area contributed by atoms with Gasteiger partial charge in [-0.25, -0.2) is 9.59 Å². The third kappa shape index (κ3) is 2.32. The summed E-state index contributed by atoms with van der Waals surface area (Å²) >= 11 is 0. The Hall–Kier alpha value is -1.79. The topological polar surface area (TPSA) is 98.7 Å². The summed E-state index contributed by atoms with van der Waals surface area (Å²) in [7, 11) is 0. The molecule has 0 radical (unpaired) electrons. The molecule has 2 aliphatic heterocycles. The second kappa shape index (κ2) is 4.64. The average Bonchev–Trinajstić information content (AvgIpc) is 3.19. The van der Waals surface area contributed by atoms with Crippen LogP contribution < -0.4 is 10.6 Å². The van der Waals surface area contributed by atoms with Crippen LogP contribution in [0.4, 0.5) is 4.79 Å². The smallest absolute Gasteiger partial charge is 0.329 e. The highest BCUT2D eigenvalue weighted by Crippen LogP contribution is 2.36. The van der Waals surface area contributed by atoms with Gasteiger partial charge in [-0.1, -0.05) is 0 Å². The van der Waals surface area contributed by atoms with Crippen LogP contribution in [0.5, 0.6) is 0 Å². The van der Waals surface area contributed by atoms with Gasteiger partial charge in [0.1, 0.15) is 5.54 Å². The van der Waals surface area contributed by atoms with Crippen molar-refractivity contribution in [2.75, 3.05) is 13.1 Å². The maximum Gasteiger partial charge on any atom is 0.329 e. The molecule has 20 heavy (non-hydrogen) atoms. The van der Waals surface area contributed by atoms with Crippen LogP contribution in [-0.4, -0.2) is 52.6 Å². The fourth-order valence-corrected chi connectivity index (χ4v) is 3.10. The maximum atomic E-state index is 12.2. The molecule has 2 atom stereocenters. The number of fused-ring (bicyclic) bond motifs is 1. The summed E-state index contributed by atoms with van der Waals surface area (Å²) in [5.41, 5.74) is -1.03. The third-order valence-corrected chi connectivity index (χ3v) is 4.62. The Morgan fingerprint density at radius 1 is 1.35 bits per heavy atom. The summed E-state index contributed by atoms with van der Waals surface area (Å²) in [4.78, 5) is 36.3. The van der Waals surface area contributed by atoms with Crippen molar-refractivity contribution < 1.29 is 19.5 Å². The Morgan fingerprint density at radius 3 is 2.75 bits per heavy atom. The first-order valence-corrected chi connectivity index (χ1v) is 7.10. The number of nitrogens with one attached hydrogen (secondary N) is 2. The summed E-state index contributed by atoms with van der Waals surface area (Å²) in [5.74, 6) is -0.579. The first kappa shape index (κ1) is 13.2. The van der Waals surface area contributed by atoms with Crippen molar-refractivity contribution in [3.8, 4) is 0 Å². The molecule has 0 aromatic heterocycles. The van der Waals surface area contributed by atoms with Gasteiger partial charge in [0.25, 0.3) is 0 Å². The molecule has 3 aliphatic rings. The van der Waals surface area contributed by atoms with Gasteiger partial charge in [-0.15, -0.1) is 0 Å². The first-order chi connectivity index (χ1) is 9.50. The van der Waals surface area contributed by atoms with Gasteiger partial charge >= 0.3 is 12.0 Å². The maximum absolute atomic E-state index is 12.2. The van der Waals surface area contributed by atoms with E-state index in [9.17, 15) is 14.4 Å². The van der Waals surface area contributed by atoms with Crippen LogP contribution in [0, 0.1) is 5.92 Å². The zero-order chi connectivity index (χ0) is 14.3. The molecule has 3 rings (SSSR count). The number of piperidine rings is 2. The van der Waals surface area contributed by atoms with E-state index in [1.165, 1.54) is 0 Å². The van der Waals surface area contributed by atoms with Gasteiger partial charge in [0.15, 0.2) is 0 Å². The van der Waals surface area contributed by atoms with E-state index in [0.717, 1.165) is 12.8 Å². The molecule has 2 saturated heterocycles. The van der Waals surface area contributed by atoms with Crippen molar-refractivity contribution in [3.05, 3.63) is 0 Å². The summed E-state index contributed by atoms with van der Waals surface area (Å²) in [6.45, 7) is 1.15. The Bertz CT molecular complexity index is 461. The lowest BCUT2D eigenvalue weighted by atomic mass is 9.85. The molecule has 7 nitrogen and oxygen atoms in total. The highest BCUT2D eigenvalue weighted by molar-refractivity contribution is 5.89. The lowest BCUT2D eigenvalue weighted by Gasteiger charge is -2.41. The summed E-state index contributed by atoms with van der Waals surface area (Å²) in [6, 6.07) is -0.130. The molecule has 2 heterocycles. The number of aliphatic carboxylic acids is 1. The summed E-state index contributed by atoms with van der Waals surface area (Å²) < 4.78 is 0. The molecule has 0 aromatic carbocycles. The lowest BCUT2D eigenvalue weighted by Crippen LogP contribution is -2.58. The summed E-state index contributed by atoms with van der Waals surface area (Å²) in [5, 5.41) is 14.7. The molecular weight excluding hydrogens is 262 g/mol. The molecule has 3 N–H and O–H groups in total. The number of carbonyl (C=O) groups excluding carboxylic acids is 2. The van der Waals surface area contributed by atoms with E-state index in [2.05, 4.69) is 10.6 Å². The molecule has 7 heteroatoms. The monoisotopic (exact) mass is 281 g/mol. The van der Waals surface area contributed by atoms with Crippen LogP contribution in [0.25, 0.3) is 0 Å². The number of amides is 3. The Kier molecular flexibility index (Phi) is 3.07. The zero-order valence-electron chi connectivity index (χ0n) is 11.2. The number of carbonyl (C=O) groups is 3. The number of rotatable bonds is 2. The van der Waals surface area contributed by atoms with Crippen molar-refractivity contribution in [2.45, 2.75) is 43.7 Å². The average molecular weight is 281 g/mol. The second-order valence-electron chi connectivity index (χ2n) is 6.02. The van der Waals surface area contributed by atoms with Crippen LogP contribution in [0.2, 0.25) is 0 Å². The van der Waals surface area contributed by atoms with Gasteiger partial charge in [-0.05, 0) is 31.6 Å². The predicted octanol–water partition coefficient (Wildman–Crippen LogP) is -0.0863. The standard InChI is InChI=1S/C13H19N3O4/c17-10-2-1-8-7-16(6-3-9(8)14-10)12(20)15-13(4-5-13)11(18)19/h8-9H,1-7H2,(H,14,17)(H,15,20)(H,18,19). The van der Waals surface area contributed by atoms with Gasteiger partial charge in [-0.2, -0.15) is 0 Å². The number of nitrogens with zero attached hydrogens (tertiary/aromatic N) is 1. The molecule has 2 unspecified atom stereocenters. The van der Waals surface area contributed by atoms with Crippen LogP contribution in [0.15, 0.2) is 0 Å². The number of hydrogen-bond donors (Lipinski definition) is 3. The van der Waals surface area contributed by atoms with E-state index in [4.69, 9.17) is 5.11 Å². The molecule has 1 saturated carbocycles. The quantitative estimate of drug-likeness (QED) is 0.659. The summed E-state index contributed by atoms with van der Waals surface area (Å²) in [6.07, 6.45) is 3.05. The van der Waals surface area contributed by atoms with Crippen LogP contribution in [0.1, 0.15) is 32.1 Å². The van der Waals surface area contributed by atoms with Gasteiger partial charge in [0.2, 0.25) is 5.91 Å². The van der Waals surface area contributed by atoms with Crippen molar-refractivity contribution in [1.29, 1.82) is 0 Å². The SMILES string of the molecule is O=C1CCC2CN(C(=O)NC3(C(=O)O)CC3)CCC2N1. The molecular formula is C13H19N3O4. The Labute approximate surface area is 116 Å². The fourth-order valence-electron chi connectivity index (χ4n) is 3.10. The van der Waals surface area contributed by atoms with Crippen LogP contribution >= 0.6 is 0 Å². The molecule has 0 spiro atoms. The van der Waals surface area contributed by atoms with Crippen molar-refractivity contribution in [3.63, 3.8) is 0 Å². The van der Waals surface area contributed by atoms with E-state index in [1.807, 2.05) is 0 Å². The second-order valence-corrected chi connectivity index (χ2v) is 6.02. The van der Waals surface area contributed by atoms with Crippen molar-refractivity contribution >= 4 is 17.9 Å². The molecule has 0 aromatic rings. The first-order valence-electron chi connectivity index (χ1n) is 7.10. The number of hydrogen-bond acceptors (Lipinski definition) is 3. The van der Waals surface area contributed by atoms with Gasteiger partial charge in [0, 0.05) is 25.6 Å². The predicted molar refractivity (Wildman–Crippen MR) is 69.0 cm³/mol. The van der Waals surface area contributed by atoms with E-state index in [0.29, 0.717) is 32.4 Å². The molecule has 0 bridgehead atoms. The minimum Gasteiger partial charge on any atom is -0.480 e. The molecule has 3 fully saturated rings. The Balaban J connectivity index is 1.58. The highest BCUT2D eigenvalue weighted by atomic mass is 16.4. The third-order valence-electron chi connectivity index (χ3n) is 4.62. The normalized spacial score (nSPS) is 31.0. The Morgan fingerprint density at radius 2 is 2.10 bits per heavy atom. The van der Waals surface area contributed by atoms with Crippen molar-refractivity contribution in [1.82, 2.24) is 15.5 Å². The molecule has 110 valence electrons. The highest BCUT2D eigenvalue weighted by Gasteiger charge is 2.52. The van der Waals surface area contributed by atoms with E-state index in [1.54, 1.807) is 4.90 Å².